The zero-order valence-electron chi connectivity index (χ0n) is 11.4. The molecule has 1 aromatic heterocycles. The molecule has 2 atom stereocenters. The van der Waals surface area contributed by atoms with E-state index in [4.69, 9.17) is 4.98 Å². The van der Waals surface area contributed by atoms with Crippen LogP contribution >= 0.6 is 0 Å². The molecule has 0 amide bonds. The zero-order chi connectivity index (χ0) is 13.4. The molecular weight excluding hydrogens is 242 g/mol. The molecule has 2 unspecified atom stereocenters. The van der Waals surface area contributed by atoms with Crippen LogP contribution < -0.4 is 0 Å². The predicted molar refractivity (Wildman–Crippen MR) is 71.3 cm³/mol. The van der Waals surface area contributed by atoms with Crippen LogP contribution in [-0.4, -0.2) is 45.7 Å². The van der Waals surface area contributed by atoms with E-state index >= 15 is 0 Å². The van der Waals surface area contributed by atoms with Gasteiger partial charge in [0.2, 0.25) is 0 Å². The Balaban J connectivity index is 1.86. The summed E-state index contributed by atoms with van der Waals surface area (Å²) in [5.74, 6) is 0.693. The quantitative estimate of drug-likeness (QED) is 0.881. The first-order valence-electron chi connectivity index (χ1n) is 7.14. The van der Waals surface area contributed by atoms with Crippen molar-refractivity contribution in [3.05, 3.63) is 17.7 Å². The number of carbonyl (C=O) groups is 1. The van der Waals surface area contributed by atoms with E-state index in [2.05, 4.69) is 11.9 Å². The molecule has 5 heteroatoms. The SMILES string of the molecule is CN1CCCC(c2cn3c(n2)CCCC3C(=O)O)C1. The van der Waals surface area contributed by atoms with Crippen LogP contribution in [0.3, 0.4) is 0 Å². The minimum Gasteiger partial charge on any atom is -0.480 e. The summed E-state index contributed by atoms with van der Waals surface area (Å²) in [7, 11) is 2.14. The van der Waals surface area contributed by atoms with Crippen LogP contribution in [0.5, 0.6) is 0 Å². The number of likely N-dealkylation sites (tertiary alicyclic amines) is 1. The lowest BCUT2D eigenvalue weighted by Gasteiger charge is -2.28. The second kappa shape index (κ2) is 4.96. The highest BCUT2D eigenvalue weighted by atomic mass is 16.4. The summed E-state index contributed by atoms with van der Waals surface area (Å²) in [5, 5.41) is 9.29. The van der Waals surface area contributed by atoms with Crippen molar-refractivity contribution in [2.24, 2.45) is 0 Å². The number of piperidine rings is 1. The van der Waals surface area contributed by atoms with E-state index in [1.165, 1.54) is 12.8 Å². The minimum atomic E-state index is -0.731. The Morgan fingerprint density at radius 2 is 2.26 bits per heavy atom. The van der Waals surface area contributed by atoms with E-state index in [0.717, 1.165) is 43.9 Å². The molecule has 0 saturated carbocycles. The van der Waals surface area contributed by atoms with Gasteiger partial charge in [-0.3, -0.25) is 0 Å². The molecule has 1 N–H and O–H groups in total. The first-order valence-corrected chi connectivity index (χ1v) is 7.14. The molecule has 1 fully saturated rings. The van der Waals surface area contributed by atoms with Crippen molar-refractivity contribution in [1.29, 1.82) is 0 Å². The molecule has 0 radical (unpaired) electrons. The third kappa shape index (κ3) is 2.39. The molecule has 2 aliphatic rings. The van der Waals surface area contributed by atoms with Gasteiger partial charge in [-0.15, -0.1) is 0 Å². The minimum absolute atomic E-state index is 0.411. The summed E-state index contributed by atoms with van der Waals surface area (Å²) < 4.78 is 1.90. The number of imidazole rings is 1. The van der Waals surface area contributed by atoms with Gasteiger partial charge in [0.15, 0.2) is 0 Å². The largest absolute Gasteiger partial charge is 0.480 e. The van der Waals surface area contributed by atoms with Crippen molar-refractivity contribution in [1.82, 2.24) is 14.5 Å². The van der Waals surface area contributed by atoms with E-state index < -0.39 is 12.0 Å². The first-order chi connectivity index (χ1) is 9.15. The maximum atomic E-state index is 11.3. The molecule has 3 heterocycles. The van der Waals surface area contributed by atoms with Crippen molar-refractivity contribution in [2.45, 2.75) is 44.1 Å². The lowest BCUT2D eigenvalue weighted by atomic mass is 9.96. The average Bonchev–Trinajstić information content (AvgIpc) is 2.82. The lowest BCUT2D eigenvalue weighted by Crippen LogP contribution is -2.31. The Morgan fingerprint density at radius 1 is 1.42 bits per heavy atom. The average molecular weight is 263 g/mol. The fourth-order valence-corrected chi connectivity index (χ4v) is 3.35. The van der Waals surface area contributed by atoms with E-state index in [0.29, 0.717) is 5.92 Å². The van der Waals surface area contributed by atoms with Crippen LogP contribution in [0.25, 0.3) is 0 Å². The Bertz CT molecular complexity index is 483. The standard InChI is InChI=1S/C14H21N3O2/c1-16-7-3-4-10(8-16)11-9-17-12(14(18)19)5-2-6-13(17)15-11/h9-10,12H,2-8H2,1H3,(H,18,19). The number of rotatable bonds is 2. The fourth-order valence-electron chi connectivity index (χ4n) is 3.35. The predicted octanol–water partition coefficient (Wildman–Crippen LogP) is 1.65. The van der Waals surface area contributed by atoms with Crippen molar-refractivity contribution in [2.75, 3.05) is 20.1 Å². The molecular formula is C14H21N3O2. The number of carboxylic acid groups (broad SMARTS) is 1. The van der Waals surface area contributed by atoms with Crippen molar-refractivity contribution in [3.63, 3.8) is 0 Å². The molecule has 5 nitrogen and oxygen atoms in total. The van der Waals surface area contributed by atoms with Gasteiger partial charge in [0, 0.05) is 25.1 Å². The third-order valence-electron chi connectivity index (χ3n) is 4.37. The molecule has 104 valence electrons. The van der Waals surface area contributed by atoms with Gasteiger partial charge in [-0.1, -0.05) is 0 Å². The molecule has 0 bridgehead atoms. The summed E-state index contributed by atoms with van der Waals surface area (Å²) in [6.45, 7) is 2.19. The Hall–Kier alpha value is -1.36. The summed E-state index contributed by atoms with van der Waals surface area (Å²) in [6, 6.07) is -0.411. The number of nitrogens with zero attached hydrogens (tertiary/aromatic N) is 3. The van der Waals surface area contributed by atoms with Crippen molar-refractivity contribution in [3.8, 4) is 0 Å². The smallest absolute Gasteiger partial charge is 0.326 e. The Morgan fingerprint density at radius 3 is 3.00 bits per heavy atom. The first kappa shape index (κ1) is 12.7. The van der Waals surface area contributed by atoms with E-state index in [9.17, 15) is 9.90 Å². The van der Waals surface area contributed by atoms with Crippen LogP contribution in [0.4, 0.5) is 0 Å². The number of hydrogen-bond acceptors (Lipinski definition) is 3. The second-order valence-electron chi connectivity index (χ2n) is 5.84. The normalized spacial score (nSPS) is 28.1. The summed E-state index contributed by atoms with van der Waals surface area (Å²) in [4.78, 5) is 18.3. The topological polar surface area (TPSA) is 58.4 Å². The monoisotopic (exact) mass is 263 g/mol. The highest BCUT2D eigenvalue weighted by Crippen LogP contribution is 2.30. The van der Waals surface area contributed by atoms with E-state index in [1.54, 1.807) is 0 Å². The molecule has 0 spiro atoms. The molecule has 1 aromatic rings. The summed E-state index contributed by atoms with van der Waals surface area (Å²) >= 11 is 0. The third-order valence-corrected chi connectivity index (χ3v) is 4.37. The maximum absolute atomic E-state index is 11.3. The highest BCUT2D eigenvalue weighted by Gasteiger charge is 2.29. The molecule has 1 saturated heterocycles. The number of hydrogen-bond donors (Lipinski definition) is 1. The number of aryl methyl sites for hydroxylation is 1. The molecule has 0 aliphatic carbocycles. The molecule has 19 heavy (non-hydrogen) atoms. The summed E-state index contributed by atoms with van der Waals surface area (Å²) in [5.41, 5.74) is 1.09. The molecule has 3 rings (SSSR count). The Kier molecular flexibility index (Phi) is 3.31. The van der Waals surface area contributed by atoms with Gasteiger partial charge >= 0.3 is 5.97 Å². The molecule has 0 aromatic carbocycles. The van der Waals surface area contributed by atoms with Gasteiger partial charge in [-0.05, 0) is 39.3 Å². The van der Waals surface area contributed by atoms with Gasteiger partial charge in [-0.2, -0.15) is 0 Å². The van der Waals surface area contributed by atoms with Gasteiger partial charge < -0.3 is 14.6 Å². The van der Waals surface area contributed by atoms with Gasteiger partial charge in [0.1, 0.15) is 11.9 Å². The van der Waals surface area contributed by atoms with Gasteiger partial charge in [-0.25, -0.2) is 9.78 Å². The number of aromatic nitrogens is 2. The van der Waals surface area contributed by atoms with Crippen LogP contribution in [0.2, 0.25) is 0 Å². The van der Waals surface area contributed by atoms with Crippen LogP contribution in [0.1, 0.15) is 49.2 Å². The molecule has 2 aliphatic heterocycles. The van der Waals surface area contributed by atoms with E-state index in [1.807, 2.05) is 10.8 Å². The van der Waals surface area contributed by atoms with Gasteiger partial charge in [0.05, 0.1) is 5.69 Å². The van der Waals surface area contributed by atoms with Crippen molar-refractivity contribution >= 4 is 5.97 Å². The number of carboxylic acids is 1. The number of fused-ring (bicyclic) bond motifs is 1. The maximum Gasteiger partial charge on any atom is 0.326 e. The number of likely N-dealkylation sites (N-methyl/N-ethyl adjacent to an activating group) is 1. The van der Waals surface area contributed by atoms with Crippen LogP contribution in [0, 0.1) is 0 Å². The summed E-state index contributed by atoms with van der Waals surface area (Å²) in [6.07, 6.45) is 6.92. The van der Waals surface area contributed by atoms with Crippen molar-refractivity contribution < 1.29 is 9.90 Å². The van der Waals surface area contributed by atoms with Crippen LogP contribution in [-0.2, 0) is 11.2 Å². The van der Waals surface area contributed by atoms with E-state index in [-0.39, 0.29) is 0 Å². The highest BCUT2D eigenvalue weighted by molar-refractivity contribution is 5.72. The zero-order valence-corrected chi connectivity index (χ0v) is 11.4. The second-order valence-corrected chi connectivity index (χ2v) is 5.84. The number of aliphatic carboxylic acids is 1. The lowest BCUT2D eigenvalue weighted by molar-refractivity contribution is -0.141. The fraction of sp³-hybridized carbons (Fsp3) is 0.714. The Labute approximate surface area is 113 Å². The van der Waals surface area contributed by atoms with Crippen LogP contribution in [0.15, 0.2) is 6.20 Å². The van der Waals surface area contributed by atoms with Gasteiger partial charge in [0.25, 0.3) is 0 Å².